The minimum atomic E-state index is -0.603. The van der Waals surface area contributed by atoms with Gasteiger partial charge in [-0.3, -0.25) is 0 Å². The van der Waals surface area contributed by atoms with Crippen molar-refractivity contribution in [2.75, 3.05) is 0 Å². The molecule has 0 spiro atoms. The highest BCUT2D eigenvalue weighted by atomic mass is 16.6. The van der Waals surface area contributed by atoms with E-state index in [1.807, 2.05) is 0 Å². The Morgan fingerprint density at radius 3 is 2.56 bits per heavy atom. The van der Waals surface area contributed by atoms with Crippen LogP contribution >= 0.6 is 0 Å². The minimum absolute atomic E-state index is 0.247. The first-order chi connectivity index (χ1) is 7.59. The zero-order chi connectivity index (χ0) is 12.0. The van der Waals surface area contributed by atoms with Crippen LogP contribution in [-0.2, 0) is 9.53 Å². The van der Waals surface area contributed by atoms with Crippen LogP contribution in [0.25, 0.3) is 0 Å². The Bertz CT molecular complexity index is 247. The third-order valence-corrected chi connectivity index (χ3v) is 2.68. The summed E-state index contributed by atoms with van der Waals surface area (Å²) in [5.74, 6) is -0.377. The highest BCUT2D eigenvalue weighted by molar-refractivity contribution is 5.84. The van der Waals surface area contributed by atoms with Crippen LogP contribution in [0.3, 0.4) is 0 Å². The molecule has 92 valence electrons. The molecule has 0 aromatic rings. The number of aliphatic hydroxyl groups is 2. The van der Waals surface area contributed by atoms with E-state index in [-0.39, 0.29) is 12.1 Å². The van der Waals surface area contributed by atoms with E-state index in [9.17, 15) is 9.90 Å². The molecule has 1 aliphatic heterocycles. The van der Waals surface area contributed by atoms with Gasteiger partial charge in [-0.25, -0.2) is 4.79 Å². The van der Waals surface area contributed by atoms with Gasteiger partial charge in [0, 0.05) is 6.08 Å². The Hall–Kier alpha value is -0.870. The van der Waals surface area contributed by atoms with E-state index in [0.29, 0.717) is 6.42 Å². The lowest BCUT2D eigenvalue weighted by Crippen LogP contribution is -2.25. The topological polar surface area (TPSA) is 66.8 Å². The van der Waals surface area contributed by atoms with Gasteiger partial charge >= 0.3 is 5.97 Å². The van der Waals surface area contributed by atoms with E-state index < -0.39 is 12.2 Å². The van der Waals surface area contributed by atoms with Gasteiger partial charge in [-0.1, -0.05) is 19.3 Å². The van der Waals surface area contributed by atoms with Crippen LogP contribution in [0.15, 0.2) is 12.2 Å². The molecule has 1 rings (SSSR count). The van der Waals surface area contributed by atoms with E-state index >= 15 is 0 Å². The van der Waals surface area contributed by atoms with Gasteiger partial charge in [0.05, 0.1) is 12.2 Å². The number of hydrogen-bond donors (Lipinski definition) is 2. The molecule has 1 aliphatic rings. The fourth-order valence-corrected chi connectivity index (χ4v) is 1.73. The Morgan fingerprint density at radius 1 is 1.31 bits per heavy atom. The van der Waals surface area contributed by atoms with Gasteiger partial charge in [0.15, 0.2) is 0 Å². The highest BCUT2D eigenvalue weighted by Crippen LogP contribution is 2.15. The molecule has 0 fully saturated rings. The molecule has 0 radical (unpaired) electrons. The smallest absolute Gasteiger partial charge is 0.331 e. The maximum Gasteiger partial charge on any atom is 0.331 e. The summed E-state index contributed by atoms with van der Waals surface area (Å²) >= 11 is 0. The number of aliphatic hydroxyl groups excluding tert-OH is 2. The molecule has 4 heteroatoms. The van der Waals surface area contributed by atoms with Gasteiger partial charge in [-0.05, 0) is 25.8 Å². The molecule has 1 unspecified atom stereocenters. The summed E-state index contributed by atoms with van der Waals surface area (Å²) in [4.78, 5) is 10.8. The molecule has 0 bridgehead atoms. The quantitative estimate of drug-likeness (QED) is 0.507. The fourth-order valence-electron chi connectivity index (χ4n) is 1.73. The van der Waals surface area contributed by atoms with E-state index in [2.05, 4.69) is 0 Å². The molecule has 1 heterocycles. The zero-order valence-electron chi connectivity index (χ0n) is 9.63. The highest BCUT2D eigenvalue weighted by Gasteiger charge is 2.23. The maximum atomic E-state index is 10.8. The Kier molecular flexibility index (Phi) is 5.49. The summed E-state index contributed by atoms with van der Waals surface area (Å²) in [6.45, 7) is 1.78. The Morgan fingerprint density at radius 2 is 2.00 bits per heavy atom. The Labute approximate surface area is 95.9 Å². The van der Waals surface area contributed by atoms with Crippen LogP contribution in [0.4, 0.5) is 0 Å². The van der Waals surface area contributed by atoms with Gasteiger partial charge in [-0.15, -0.1) is 0 Å². The number of carbonyl (C=O) groups excluding carboxylic acids is 1. The lowest BCUT2D eigenvalue weighted by atomic mass is 10.0. The maximum absolute atomic E-state index is 10.8. The molecule has 0 aromatic heterocycles. The van der Waals surface area contributed by atoms with Crippen molar-refractivity contribution in [2.45, 2.75) is 57.3 Å². The largest absolute Gasteiger partial charge is 0.452 e. The summed E-state index contributed by atoms with van der Waals surface area (Å²) in [7, 11) is 0. The van der Waals surface area contributed by atoms with Crippen molar-refractivity contribution >= 4 is 5.97 Å². The molecule has 0 aliphatic carbocycles. The monoisotopic (exact) mass is 228 g/mol. The first kappa shape index (κ1) is 13.2. The second kappa shape index (κ2) is 6.66. The molecule has 16 heavy (non-hydrogen) atoms. The van der Waals surface area contributed by atoms with E-state index in [1.165, 1.54) is 6.08 Å². The number of hydrogen-bond acceptors (Lipinski definition) is 4. The van der Waals surface area contributed by atoms with Crippen molar-refractivity contribution in [3.63, 3.8) is 0 Å². The van der Waals surface area contributed by atoms with Gasteiger partial charge in [0.25, 0.3) is 0 Å². The molecule has 2 N–H and O–H groups in total. The summed E-state index contributed by atoms with van der Waals surface area (Å²) in [5, 5.41) is 18.7. The van der Waals surface area contributed by atoms with Gasteiger partial charge in [0.1, 0.15) is 6.10 Å². The first-order valence-corrected chi connectivity index (χ1v) is 5.84. The Balaban J connectivity index is 2.04. The minimum Gasteiger partial charge on any atom is -0.452 e. The molecule has 0 saturated carbocycles. The second-order valence-corrected chi connectivity index (χ2v) is 4.31. The van der Waals surface area contributed by atoms with E-state index in [4.69, 9.17) is 9.84 Å². The number of cyclic esters (lactones) is 1. The third kappa shape index (κ3) is 4.77. The molecule has 0 amide bonds. The third-order valence-electron chi connectivity index (χ3n) is 2.68. The predicted molar refractivity (Wildman–Crippen MR) is 59.8 cm³/mol. The van der Waals surface area contributed by atoms with Crippen LogP contribution in [-0.4, -0.2) is 34.5 Å². The van der Waals surface area contributed by atoms with Crippen molar-refractivity contribution in [3.05, 3.63) is 12.2 Å². The second-order valence-electron chi connectivity index (χ2n) is 4.31. The number of esters is 1. The molecule has 3 atom stereocenters. The lowest BCUT2D eigenvalue weighted by molar-refractivity contribution is -0.142. The number of unbranched alkanes of at least 4 members (excludes halogenated alkanes) is 2. The molecule has 4 nitrogen and oxygen atoms in total. The van der Waals surface area contributed by atoms with Crippen LogP contribution in [0.2, 0.25) is 0 Å². The van der Waals surface area contributed by atoms with Gasteiger partial charge in [0.2, 0.25) is 0 Å². The predicted octanol–water partition coefficient (Wildman–Crippen LogP) is 1.16. The zero-order valence-corrected chi connectivity index (χ0v) is 9.63. The van der Waals surface area contributed by atoms with Crippen LogP contribution in [0.1, 0.15) is 39.0 Å². The molecule has 0 saturated heterocycles. The lowest BCUT2D eigenvalue weighted by Gasteiger charge is -2.15. The van der Waals surface area contributed by atoms with Crippen LogP contribution in [0.5, 0.6) is 0 Å². The van der Waals surface area contributed by atoms with Gasteiger partial charge in [-0.2, -0.15) is 0 Å². The summed E-state index contributed by atoms with van der Waals surface area (Å²) in [6.07, 6.45) is 5.88. The number of rotatable bonds is 7. The molecular weight excluding hydrogens is 208 g/mol. The van der Waals surface area contributed by atoms with Crippen LogP contribution < -0.4 is 0 Å². The summed E-state index contributed by atoms with van der Waals surface area (Å²) < 4.78 is 4.88. The summed E-state index contributed by atoms with van der Waals surface area (Å²) in [6, 6.07) is 0. The SMILES string of the molecule is C[C@@H](O)CCCCC[C@H](O)C1C=CC(=O)O1. The van der Waals surface area contributed by atoms with E-state index in [0.717, 1.165) is 25.7 Å². The van der Waals surface area contributed by atoms with E-state index in [1.54, 1.807) is 13.0 Å². The van der Waals surface area contributed by atoms with Gasteiger partial charge < -0.3 is 14.9 Å². The first-order valence-electron chi connectivity index (χ1n) is 5.84. The van der Waals surface area contributed by atoms with Crippen molar-refractivity contribution in [2.24, 2.45) is 0 Å². The normalized spacial score (nSPS) is 23.2. The number of carbonyl (C=O) groups is 1. The average Bonchev–Trinajstić information content (AvgIpc) is 2.63. The average molecular weight is 228 g/mol. The fraction of sp³-hybridized carbons (Fsp3) is 0.750. The molecule has 0 aromatic carbocycles. The van der Waals surface area contributed by atoms with Crippen LogP contribution in [0, 0.1) is 0 Å². The molecular formula is C12H20O4. The van der Waals surface area contributed by atoms with Crippen molar-refractivity contribution in [1.82, 2.24) is 0 Å². The van der Waals surface area contributed by atoms with Crippen molar-refractivity contribution in [3.8, 4) is 0 Å². The van der Waals surface area contributed by atoms with Crippen molar-refractivity contribution < 1.29 is 19.7 Å². The number of ether oxygens (including phenoxy) is 1. The van der Waals surface area contributed by atoms with Crippen molar-refractivity contribution in [1.29, 1.82) is 0 Å². The standard InChI is InChI=1S/C12H20O4/c1-9(13)5-3-2-4-6-10(14)11-7-8-12(15)16-11/h7-11,13-14H,2-6H2,1H3/t9-,10+,11?/m1/s1. The summed E-state index contributed by atoms with van der Waals surface area (Å²) in [5.41, 5.74) is 0.